The van der Waals surface area contributed by atoms with Gasteiger partial charge in [-0.3, -0.25) is 4.79 Å². The molecule has 1 aliphatic heterocycles. The summed E-state index contributed by atoms with van der Waals surface area (Å²) in [6.07, 6.45) is -1.62. The molecule has 1 aliphatic carbocycles. The molecule has 1 saturated carbocycles. The number of pyridine rings is 1. The van der Waals surface area contributed by atoms with Gasteiger partial charge in [-0.05, 0) is 23.3 Å². The third-order valence-electron chi connectivity index (χ3n) is 6.66. The summed E-state index contributed by atoms with van der Waals surface area (Å²) in [5.41, 5.74) is 3.39. The summed E-state index contributed by atoms with van der Waals surface area (Å²) in [4.78, 5) is 16.9. The number of halogens is 2. The van der Waals surface area contributed by atoms with Crippen LogP contribution in [0.2, 0.25) is 5.15 Å². The van der Waals surface area contributed by atoms with Crippen molar-refractivity contribution in [1.29, 1.82) is 0 Å². The standard InChI is InChI=1S/C24H20BrClN2O5/c1-32-22-19-15(11-16(26)28-22)33-24(13-7-9-14(25)10-8-13)18(12-5-3-2-4-6-12)17(21(27)30)20(29)23(19,24)31/h2-11,17-18,20,29,31H,1H3,(H2,27,30). The maximum atomic E-state index is 12.7. The quantitative estimate of drug-likeness (QED) is 0.445. The van der Waals surface area contributed by atoms with E-state index in [2.05, 4.69) is 20.9 Å². The van der Waals surface area contributed by atoms with Gasteiger partial charge in [0.1, 0.15) is 17.0 Å². The van der Waals surface area contributed by atoms with Gasteiger partial charge in [0.25, 0.3) is 0 Å². The predicted octanol–water partition coefficient (Wildman–Crippen LogP) is 3.24. The van der Waals surface area contributed by atoms with Gasteiger partial charge in [-0.2, -0.15) is 0 Å². The van der Waals surface area contributed by atoms with E-state index in [1.54, 1.807) is 24.3 Å². The molecule has 3 aromatic rings. The molecule has 0 bridgehead atoms. The van der Waals surface area contributed by atoms with Gasteiger partial charge in [0.15, 0.2) is 11.2 Å². The van der Waals surface area contributed by atoms with Gasteiger partial charge in [-0.15, -0.1) is 0 Å². The Hall–Kier alpha value is -2.65. The molecule has 1 amide bonds. The molecule has 9 heteroatoms. The normalized spacial score (nSPS) is 29.8. The molecule has 2 aliphatic rings. The monoisotopic (exact) mass is 530 g/mol. The molecular weight excluding hydrogens is 512 g/mol. The Kier molecular flexibility index (Phi) is 5.17. The average Bonchev–Trinajstić information content (AvgIpc) is 3.17. The molecule has 0 saturated heterocycles. The van der Waals surface area contributed by atoms with E-state index in [0.29, 0.717) is 11.1 Å². The predicted molar refractivity (Wildman–Crippen MR) is 124 cm³/mol. The second kappa shape index (κ2) is 7.70. The van der Waals surface area contributed by atoms with Crippen molar-refractivity contribution >= 4 is 33.4 Å². The second-order valence-corrected chi connectivity index (χ2v) is 9.50. The van der Waals surface area contributed by atoms with Crippen LogP contribution in [0.15, 0.2) is 65.1 Å². The maximum Gasteiger partial charge on any atom is 0.224 e. The molecule has 5 rings (SSSR count). The van der Waals surface area contributed by atoms with Crippen LogP contribution in [0.3, 0.4) is 0 Å². The number of methoxy groups -OCH3 is 1. The number of nitrogens with two attached hydrogens (primary N) is 1. The maximum absolute atomic E-state index is 12.7. The Bertz CT molecular complexity index is 1240. The largest absolute Gasteiger partial charge is 0.481 e. The number of nitrogens with zero attached hydrogens (tertiary/aromatic N) is 1. The molecule has 2 heterocycles. The molecule has 7 nitrogen and oxygen atoms in total. The Morgan fingerprint density at radius 3 is 2.48 bits per heavy atom. The Labute approximate surface area is 203 Å². The van der Waals surface area contributed by atoms with Crippen LogP contribution in [0, 0.1) is 5.92 Å². The lowest BCUT2D eigenvalue weighted by Crippen LogP contribution is -2.52. The fourth-order valence-electron chi connectivity index (χ4n) is 5.43. The summed E-state index contributed by atoms with van der Waals surface area (Å²) >= 11 is 9.63. The average molecular weight is 532 g/mol. The van der Waals surface area contributed by atoms with Crippen molar-refractivity contribution in [2.45, 2.75) is 23.2 Å². The minimum absolute atomic E-state index is 0.00466. The van der Waals surface area contributed by atoms with E-state index < -0.39 is 35.0 Å². The second-order valence-electron chi connectivity index (χ2n) is 8.20. The van der Waals surface area contributed by atoms with Crippen LogP contribution < -0.4 is 15.2 Å². The van der Waals surface area contributed by atoms with Crippen LogP contribution >= 0.6 is 27.5 Å². The number of hydrogen-bond donors (Lipinski definition) is 3. The molecule has 0 radical (unpaired) electrons. The molecule has 0 spiro atoms. The van der Waals surface area contributed by atoms with Gasteiger partial charge in [0, 0.05) is 16.5 Å². The van der Waals surface area contributed by atoms with Crippen molar-refractivity contribution in [2.75, 3.05) is 7.11 Å². The van der Waals surface area contributed by atoms with E-state index in [-0.39, 0.29) is 22.3 Å². The van der Waals surface area contributed by atoms with Crippen LogP contribution in [0.25, 0.3) is 0 Å². The highest BCUT2D eigenvalue weighted by molar-refractivity contribution is 9.10. The van der Waals surface area contributed by atoms with Gasteiger partial charge in [-0.25, -0.2) is 4.98 Å². The first-order valence-electron chi connectivity index (χ1n) is 10.2. The lowest BCUT2D eigenvalue weighted by Gasteiger charge is -2.40. The van der Waals surface area contributed by atoms with Gasteiger partial charge >= 0.3 is 0 Å². The number of carbonyl (C=O) groups excluding carboxylic acids is 1. The number of primary amides is 1. The van der Waals surface area contributed by atoms with E-state index in [1.165, 1.54) is 13.2 Å². The van der Waals surface area contributed by atoms with Crippen LogP contribution in [-0.2, 0) is 16.0 Å². The van der Waals surface area contributed by atoms with Crippen LogP contribution in [0.5, 0.6) is 11.6 Å². The highest BCUT2D eigenvalue weighted by Gasteiger charge is 2.78. The third kappa shape index (κ3) is 2.88. The lowest BCUT2D eigenvalue weighted by atomic mass is 9.71. The van der Waals surface area contributed by atoms with Gasteiger partial charge in [0.05, 0.1) is 18.6 Å². The summed E-state index contributed by atoms with van der Waals surface area (Å²) in [6, 6.07) is 17.7. The summed E-state index contributed by atoms with van der Waals surface area (Å²) < 4.78 is 12.8. The van der Waals surface area contributed by atoms with Crippen molar-refractivity contribution in [3.05, 3.63) is 87.0 Å². The van der Waals surface area contributed by atoms with Crippen molar-refractivity contribution in [2.24, 2.45) is 11.7 Å². The third-order valence-corrected chi connectivity index (χ3v) is 7.38. The molecule has 2 aromatic carbocycles. The molecule has 1 fully saturated rings. The summed E-state index contributed by atoms with van der Waals surface area (Å²) in [7, 11) is 1.38. The zero-order valence-corrected chi connectivity index (χ0v) is 19.7. The fraction of sp³-hybridized carbons (Fsp3) is 0.250. The summed E-state index contributed by atoms with van der Waals surface area (Å²) in [6.45, 7) is 0. The Balaban J connectivity index is 1.90. The molecule has 33 heavy (non-hydrogen) atoms. The number of aliphatic hydroxyl groups is 2. The number of ether oxygens (including phenoxy) is 2. The van der Waals surface area contributed by atoms with Crippen LogP contribution in [0.1, 0.15) is 22.6 Å². The Morgan fingerprint density at radius 2 is 1.88 bits per heavy atom. The van der Waals surface area contributed by atoms with E-state index in [0.717, 1.165) is 4.47 Å². The number of rotatable bonds is 4. The number of hydrogen-bond acceptors (Lipinski definition) is 6. The van der Waals surface area contributed by atoms with E-state index in [9.17, 15) is 15.0 Å². The van der Waals surface area contributed by atoms with Gasteiger partial charge < -0.3 is 25.4 Å². The zero-order chi connectivity index (χ0) is 23.5. The number of amides is 1. The summed E-state index contributed by atoms with van der Waals surface area (Å²) in [5.74, 6) is -2.57. The van der Waals surface area contributed by atoms with E-state index in [1.807, 2.05) is 30.3 Å². The minimum Gasteiger partial charge on any atom is -0.481 e. The van der Waals surface area contributed by atoms with Gasteiger partial charge in [0.2, 0.25) is 11.8 Å². The minimum atomic E-state index is -2.13. The number of aromatic nitrogens is 1. The van der Waals surface area contributed by atoms with Crippen molar-refractivity contribution in [3.8, 4) is 11.6 Å². The first-order valence-corrected chi connectivity index (χ1v) is 11.4. The van der Waals surface area contributed by atoms with Crippen molar-refractivity contribution in [3.63, 3.8) is 0 Å². The highest BCUT2D eigenvalue weighted by Crippen LogP contribution is 2.69. The van der Waals surface area contributed by atoms with E-state index >= 15 is 0 Å². The van der Waals surface area contributed by atoms with E-state index in [4.69, 9.17) is 26.8 Å². The van der Waals surface area contributed by atoms with Crippen molar-refractivity contribution in [1.82, 2.24) is 4.98 Å². The van der Waals surface area contributed by atoms with Crippen molar-refractivity contribution < 1.29 is 24.5 Å². The lowest BCUT2D eigenvalue weighted by molar-refractivity contribution is -0.154. The molecule has 170 valence electrons. The SMILES string of the molecule is COc1nc(Cl)cc2c1C1(O)C(O)C(C(N)=O)C(c3ccccc3)C1(c1ccc(Br)cc1)O2. The number of carbonyl (C=O) groups is 1. The number of aliphatic hydroxyl groups excluding tert-OH is 1. The molecule has 4 N–H and O–H groups in total. The summed E-state index contributed by atoms with van der Waals surface area (Å²) in [5, 5.41) is 24.1. The topological polar surface area (TPSA) is 115 Å². The smallest absolute Gasteiger partial charge is 0.224 e. The molecule has 5 atom stereocenters. The van der Waals surface area contributed by atoms with Gasteiger partial charge in [-0.1, -0.05) is 70.0 Å². The van der Waals surface area contributed by atoms with Crippen LogP contribution in [-0.4, -0.2) is 34.3 Å². The first kappa shape index (κ1) is 22.2. The Morgan fingerprint density at radius 1 is 1.21 bits per heavy atom. The number of benzene rings is 2. The molecular formula is C24H20BrClN2O5. The number of fused-ring (bicyclic) bond motifs is 3. The van der Waals surface area contributed by atoms with Crippen LogP contribution in [0.4, 0.5) is 0 Å². The fourth-order valence-corrected chi connectivity index (χ4v) is 5.87. The molecule has 5 unspecified atom stereocenters. The highest BCUT2D eigenvalue weighted by atomic mass is 79.9. The first-order chi connectivity index (χ1) is 15.8. The zero-order valence-electron chi connectivity index (χ0n) is 17.4. The molecule has 1 aromatic heterocycles.